The zero-order chi connectivity index (χ0) is 30.4. The number of carbonyl (C=O) groups is 2. The molecule has 42 heavy (non-hydrogen) atoms. The maximum atomic E-state index is 13.5. The Bertz CT molecular complexity index is 1210. The van der Waals surface area contributed by atoms with Crippen LogP contribution in [0.3, 0.4) is 0 Å². The largest absolute Gasteiger partial charge is 0.488 e. The molecule has 2 N–H and O–H groups in total. The van der Waals surface area contributed by atoms with Crippen molar-refractivity contribution in [3.05, 3.63) is 59.2 Å². The third-order valence-electron chi connectivity index (χ3n) is 8.39. The predicted molar refractivity (Wildman–Crippen MR) is 155 cm³/mol. The van der Waals surface area contributed by atoms with Crippen LogP contribution in [0, 0.1) is 11.8 Å². The van der Waals surface area contributed by atoms with E-state index in [9.17, 15) is 27.9 Å². The van der Waals surface area contributed by atoms with Gasteiger partial charge in [-0.25, -0.2) is 0 Å². The molecule has 2 aromatic rings. The van der Waals surface area contributed by atoms with Gasteiger partial charge in [0, 0.05) is 42.7 Å². The highest BCUT2D eigenvalue weighted by Crippen LogP contribution is 2.32. The summed E-state index contributed by atoms with van der Waals surface area (Å²) in [4.78, 5) is 30.0. The maximum absolute atomic E-state index is 13.5. The van der Waals surface area contributed by atoms with E-state index in [1.54, 1.807) is 30.0 Å². The van der Waals surface area contributed by atoms with E-state index in [2.05, 4.69) is 5.32 Å². The molecule has 7 nitrogen and oxygen atoms in total. The molecule has 1 saturated carbocycles. The van der Waals surface area contributed by atoms with Gasteiger partial charge in [0.05, 0.1) is 24.6 Å². The lowest BCUT2D eigenvalue weighted by Crippen LogP contribution is -2.47. The molecule has 0 saturated heterocycles. The van der Waals surface area contributed by atoms with Gasteiger partial charge in [0.15, 0.2) is 0 Å². The smallest absolute Gasteiger partial charge is 0.416 e. The second-order valence-electron chi connectivity index (χ2n) is 11.9. The van der Waals surface area contributed by atoms with Gasteiger partial charge in [-0.3, -0.25) is 14.5 Å². The summed E-state index contributed by atoms with van der Waals surface area (Å²) in [6, 6.07) is 10.1. The molecule has 0 aromatic heterocycles. The highest BCUT2D eigenvalue weighted by molar-refractivity contribution is 5.93. The molecule has 4 rings (SSSR count). The SMILES string of the molecule is C[C@@H]1CN([C@@H](C)CO)C(=O)Cc2cc(NC(=O)C3CCCCC3)ccc2O[C@H]1CN(C)Cc1ccc(C(F)(F)F)cc1. The number of hydrogen-bond acceptors (Lipinski definition) is 5. The number of carbonyl (C=O) groups excluding carboxylic acids is 2. The molecular formula is C32H42F3N3O4. The molecule has 1 heterocycles. The fourth-order valence-corrected chi connectivity index (χ4v) is 5.82. The quantitative estimate of drug-likeness (QED) is 0.425. The monoisotopic (exact) mass is 589 g/mol. The van der Waals surface area contributed by atoms with E-state index >= 15 is 0 Å². The molecule has 1 aliphatic heterocycles. The summed E-state index contributed by atoms with van der Waals surface area (Å²) in [6.45, 7) is 4.86. The number of hydrogen-bond donors (Lipinski definition) is 2. The average Bonchev–Trinajstić information content (AvgIpc) is 3.00. The van der Waals surface area contributed by atoms with Crippen LogP contribution in [0.5, 0.6) is 5.75 Å². The predicted octanol–water partition coefficient (Wildman–Crippen LogP) is 5.51. The molecule has 10 heteroatoms. The van der Waals surface area contributed by atoms with Crippen LogP contribution in [0.4, 0.5) is 18.9 Å². The number of amides is 2. The Morgan fingerprint density at radius 2 is 1.83 bits per heavy atom. The molecule has 0 radical (unpaired) electrons. The summed E-state index contributed by atoms with van der Waals surface area (Å²) >= 11 is 0. The van der Waals surface area contributed by atoms with Gasteiger partial charge in [-0.05, 0) is 62.7 Å². The Morgan fingerprint density at radius 3 is 2.48 bits per heavy atom. The second-order valence-corrected chi connectivity index (χ2v) is 11.9. The highest BCUT2D eigenvalue weighted by atomic mass is 19.4. The molecule has 0 spiro atoms. The van der Waals surface area contributed by atoms with Crippen molar-refractivity contribution < 1.29 is 32.6 Å². The average molecular weight is 590 g/mol. The lowest BCUT2D eigenvalue weighted by atomic mass is 9.88. The maximum Gasteiger partial charge on any atom is 0.416 e. The van der Waals surface area contributed by atoms with Crippen molar-refractivity contribution >= 4 is 17.5 Å². The zero-order valence-corrected chi connectivity index (χ0v) is 24.6. The van der Waals surface area contributed by atoms with Crippen LogP contribution in [0.25, 0.3) is 0 Å². The third-order valence-corrected chi connectivity index (χ3v) is 8.39. The minimum Gasteiger partial charge on any atom is -0.488 e. The van der Waals surface area contributed by atoms with Gasteiger partial charge >= 0.3 is 6.18 Å². The summed E-state index contributed by atoms with van der Waals surface area (Å²) in [5.41, 5.74) is 1.33. The number of nitrogens with one attached hydrogen (secondary N) is 1. The molecule has 1 fully saturated rings. The fourth-order valence-electron chi connectivity index (χ4n) is 5.82. The number of halogens is 3. The lowest BCUT2D eigenvalue weighted by molar-refractivity contribution is -0.137. The van der Waals surface area contributed by atoms with E-state index in [0.29, 0.717) is 36.6 Å². The molecule has 0 bridgehead atoms. The van der Waals surface area contributed by atoms with Gasteiger partial charge in [-0.1, -0.05) is 38.3 Å². The van der Waals surface area contributed by atoms with Crippen LogP contribution in [-0.4, -0.2) is 65.6 Å². The zero-order valence-electron chi connectivity index (χ0n) is 24.6. The van der Waals surface area contributed by atoms with Crippen molar-refractivity contribution in [2.75, 3.05) is 32.1 Å². The number of anilines is 1. The van der Waals surface area contributed by atoms with Gasteiger partial charge in [0.2, 0.25) is 11.8 Å². The number of rotatable bonds is 8. The molecular weight excluding hydrogens is 547 g/mol. The summed E-state index contributed by atoms with van der Waals surface area (Å²) in [5, 5.41) is 12.9. The molecule has 230 valence electrons. The number of likely N-dealkylation sites (N-methyl/N-ethyl adjacent to an activating group) is 1. The van der Waals surface area contributed by atoms with Crippen molar-refractivity contribution in [3.63, 3.8) is 0 Å². The van der Waals surface area contributed by atoms with Gasteiger partial charge in [0.1, 0.15) is 11.9 Å². The van der Waals surface area contributed by atoms with Crippen molar-refractivity contribution in [2.24, 2.45) is 11.8 Å². The molecule has 0 unspecified atom stereocenters. The Labute approximate surface area is 246 Å². The first-order chi connectivity index (χ1) is 19.9. The van der Waals surface area contributed by atoms with Crippen molar-refractivity contribution in [2.45, 2.75) is 77.2 Å². The number of aliphatic hydroxyl groups is 1. The molecule has 2 amide bonds. The normalized spacial score (nSPS) is 21.1. The van der Waals surface area contributed by atoms with Crippen LogP contribution in [-0.2, 0) is 28.7 Å². The summed E-state index contributed by atoms with van der Waals surface area (Å²) in [5.74, 6) is 0.291. The van der Waals surface area contributed by atoms with Gasteiger partial charge in [-0.15, -0.1) is 0 Å². The minimum absolute atomic E-state index is 0.00289. The number of benzene rings is 2. The first kappa shape index (κ1) is 31.8. The molecule has 3 atom stereocenters. The van der Waals surface area contributed by atoms with Crippen LogP contribution in [0.1, 0.15) is 62.6 Å². The number of alkyl halides is 3. The second kappa shape index (κ2) is 13.9. The van der Waals surface area contributed by atoms with E-state index in [-0.39, 0.29) is 48.8 Å². The van der Waals surface area contributed by atoms with Crippen LogP contribution < -0.4 is 10.1 Å². The summed E-state index contributed by atoms with van der Waals surface area (Å²) in [7, 11) is 1.88. The molecule has 2 aromatic carbocycles. The van der Waals surface area contributed by atoms with Gasteiger partial charge in [0.25, 0.3) is 0 Å². The standard InChI is InChI=1S/C32H42F3N3O4/c1-21-17-38(22(2)20-39)30(40)16-25-15-27(36-31(41)24-7-5-4-6-8-24)13-14-28(25)42-29(21)19-37(3)18-23-9-11-26(12-10-23)32(33,34)35/h9-15,21-22,24,29,39H,4-8,16-20H2,1-3H3,(H,36,41)/t21-,22+,29+/m1/s1. The molecule has 1 aliphatic carbocycles. The van der Waals surface area contributed by atoms with Crippen molar-refractivity contribution in [3.8, 4) is 5.75 Å². The lowest BCUT2D eigenvalue weighted by Gasteiger charge is -2.34. The number of aliphatic hydroxyl groups excluding tert-OH is 1. The Hall–Kier alpha value is -3.11. The van der Waals surface area contributed by atoms with Crippen molar-refractivity contribution in [1.82, 2.24) is 9.80 Å². The first-order valence-electron chi connectivity index (χ1n) is 14.8. The summed E-state index contributed by atoms with van der Waals surface area (Å²) < 4.78 is 45.5. The Kier molecular flexibility index (Phi) is 10.5. The van der Waals surface area contributed by atoms with E-state index in [0.717, 1.165) is 49.8 Å². The molecule has 2 aliphatic rings. The van der Waals surface area contributed by atoms with Crippen LogP contribution in [0.15, 0.2) is 42.5 Å². The number of ether oxygens (including phenoxy) is 1. The van der Waals surface area contributed by atoms with Crippen LogP contribution >= 0.6 is 0 Å². The third kappa shape index (κ3) is 8.25. The fraction of sp³-hybridized carbons (Fsp3) is 0.562. The van der Waals surface area contributed by atoms with Crippen molar-refractivity contribution in [1.29, 1.82) is 0 Å². The van der Waals surface area contributed by atoms with E-state index < -0.39 is 11.7 Å². The first-order valence-corrected chi connectivity index (χ1v) is 14.8. The van der Waals surface area contributed by atoms with Gasteiger partial charge < -0.3 is 20.1 Å². The van der Waals surface area contributed by atoms with E-state index in [1.165, 1.54) is 12.1 Å². The van der Waals surface area contributed by atoms with Gasteiger partial charge in [-0.2, -0.15) is 13.2 Å². The minimum atomic E-state index is -4.38. The topological polar surface area (TPSA) is 82.1 Å². The highest BCUT2D eigenvalue weighted by Gasteiger charge is 2.32. The Balaban J connectivity index is 1.54. The number of nitrogens with zero attached hydrogens (tertiary/aromatic N) is 2. The van der Waals surface area contributed by atoms with Crippen LogP contribution in [0.2, 0.25) is 0 Å². The van der Waals surface area contributed by atoms with E-state index in [4.69, 9.17) is 4.74 Å². The Morgan fingerprint density at radius 1 is 1.14 bits per heavy atom. The van der Waals surface area contributed by atoms with E-state index in [1.807, 2.05) is 18.9 Å². The number of fused-ring (bicyclic) bond motifs is 1. The summed E-state index contributed by atoms with van der Waals surface area (Å²) in [6.07, 6.45) is 0.346.